The second-order valence-corrected chi connectivity index (χ2v) is 15.4. The summed E-state index contributed by atoms with van der Waals surface area (Å²) in [6.07, 6.45) is 0. The van der Waals surface area contributed by atoms with Gasteiger partial charge in [-0.2, -0.15) is 0 Å². The number of benzene rings is 9. The van der Waals surface area contributed by atoms with Crippen molar-refractivity contribution in [2.75, 3.05) is 4.90 Å². The standard InChI is InChI=1S/C56H40N2O/c1-37-18-17-23-41(34-37)57(53-36-48(40-21-7-4-8-22-40)47(35-38(53)2)39-19-5-3-6-20-39)52-33-32-45(56-55(52)46-27-12-16-31-54(46)59-56)44-26-11-15-30-51(44)58-49-28-13-9-24-42(49)43-25-10-14-29-50(43)58/h3-36H,1-2H3. The molecule has 0 aliphatic carbocycles. The molecule has 0 saturated heterocycles. The Kier molecular flexibility index (Phi) is 8.27. The third kappa shape index (κ3) is 5.74. The number of hydrogen-bond acceptors (Lipinski definition) is 2. The van der Waals surface area contributed by atoms with E-state index in [1.165, 1.54) is 55.2 Å². The van der Waals surface area contributed by atoms with E-state index >= 15 is 0 Å². The average Bonchev–Trinajstić information content (AvgIpc) is 3.84. The molecule has 11 aromatic rings. The summed E-state index contributed by atoms with van der Waals surface area (Å²) in [6, 6.07) is 74.2. The van der Waals surface area contributed by atoms with E-state index in [0.717, 1.165) is 55.8 Å². The maximum atomic E-state index is 7.04. The van der Waals surface area contributed by atoms with Gasteiger partial charge in [0.15, 0.2) is 0 Å². The largest absolute Gasteiger partial charge is 0.455 e. The van der Waals surface area contributed by atoms with Crippen molar-refractivity contribution in [3.8, 4) is 39.1 Å². The van der Waals surface area contributed by atoms with Crippen LogP contribution in [0.15, 0.2) is 211 Å². The normalized spacial score (nSPS) is 11.6. The molecule has 59 heavy (non-hydrogen) atoms. The van der Waals surface area contributed by atoms with Crippen LogP contribution in [0.4, 0.5) is 17.1 Å². The summed E-state index contributed by atoms with van der Waals surface area (Å²) in [6.45, 7) is 4.40. The van der Waals surface area contributed by atoms with Crippen molar-refractivity contribution in [2.24, 2.45) is 0 Å². The highest BCUT2D eigenvalue weighted by Crippen LogP contribution is 2.49. The zero-order valence-corrected chi connectivity index (χ0v) is 32.9. The van der Waals surface area contributed by atoms with Crippen LogP contribution in [0.3, 0.4) is 0 Å². The molecular weight excluding hydrogens is 717 g/mol. The maximum absolute atomic E-state index is 7.04. The predicted octanol–water partition coefficient (Wildman–Crippen LogP) is 15.8. The second kappa shape index (κ2) is 14.1. The minimum absolute atomic E-state index is 0.857. The van der Waals surface area contributed by atoms with E-state index < -0.39 is 0 Å². The Morgan fingerprint density at radius 3 is 1.71 bits per heavy atom. The van der Waals surface area contributed by atoms with Crippen LogP contribution >= 0.6 is 0 Å². The zero-order chi connectivity index (χ0) is 39.5. The number of nitrogens with zero attached hydrogens (tertiary/aromatic N) is 2. The number of aromatic nitrogens is 1. The van der Waals surface area contributed by atoms with E-state index in [1.807, 2.05) is 0 Å². The Balaban J connectivity index is 1.20. The Bertz CT molecular complexity index is 3300. The Morgan fingerprint density at radius 2 is 1.02 bits per heavy atom. The molecule has 0 aliphatic heterocycles. The second-order valence-electron chi connectivity index (χ2n) is 15.4. The van der Waals surface area contributed by atoms with Gasteiger partial charge in [0.05, 0.1) is 27.8 Å². The monoisotopic (exact) mass is 756 g/mol. The predicted molar refractivity (Wildman–Crippen MR) is 249 cm³/mol. The molecule has 0 amide bonds. The molecule has 2 aromatic heterocycles. The number of anilines is 3. The molecule has 11 rings (SSSR count). The van der Waals surface area contributed by atoms with Crippen molar-refractivity contribution in [3.05, 3.63) is 217 Å². The maximum Gasteiger partial charge on any atom is 0.145 e. The van der Waals surface area contributed by atoms with E-state index in [0.29, 0.717) is 0 Å². The van der Waals surface area contributed by atoms with Crippen LogP contribution in [0.2, 0.25) is 0 Å². The zero-order valence-electron chi connectivity index (χ0n) is 32.9. The molecule has 3 heteroatoms. The first-order valence-electron chi connectivity index (χ1n) is 20.3. The Morgan fingerprint density at radius 1 is 0.424 bits per heavy atom. The highest BCUT2D eigenvalue weighted by molar-refractivity contribution is 6.18. The molecule has 9 aromatic carbocycles. The molecule has 3 nitrogen and oxygen atoms in total. The lowest BCUT2D eigenvalue weighted by Crippen LogP contribution is -2.12. The van der Waals surface area contributed by atoms with Crippen molar-refractivity contribution < 1.29 is 4.42 Å². The molecule has 0 aliphatic rings. The fourth-order valence-corrected chi connectivity index (χ4v) is 9.11. The molecule has 0 bridgehead atoms. The van der Waals surface area contributed by atoms with E-state index in [2.05, 4.69) is 230 Å². The molecule has 0 spiro atoms. The van der Waals surface area contributed by atoms with Crippen LogP contribution < -0.4 is 4.90 Å². The first-order valence-corrected chi connectivity index (χ1v) is 20.3. The van der Waals surface area contributed by atoms with Gasteiger partial charge in [-0.25, -0.2) is 0 Å². The lowest BCUT2D eigenvalue weighted by Gasteiger charge is -2.30. The van der Waals surface area contributed by atoms with E-state index in [1.54, 1.807) is 0 Å². The molecule has 0 unspecified atom stereocenters. The van der Waals surface area contributed by atoms with Gasteiger partial charge < -0.3 is 13.9 Å². The number of rotatable bonds is 7. The minimum atomic E-state index is 0.857. The summed E-state index contributed by atoms with van der Waals surface area (Å²) >= 11 is 0. The Hall–Kier alpha value is -7.62. The fraction of sp³-hybridized carbons (Fsp3) is 0.0357. The van der Waals surface area contributed by atoms with E-state index in [9.17, 15) is 0 Å². The van der Waals surface area contributed by atoms with Gasteiger partial charge in [-0.3, -0.25) is 0 Å². The third-order valence-electron chi connectivity index (χ3n) is 11.8. The quantitative estimate of drug-likeness (QED) is 0.161. The fourth-order valence-electron chi connectivity index (χ4n) is 9.11. The number of furan rings is 1. The lowest BCUT2D eigenvalue weighted by atomic mass is 9.91. The molecule has 0 saturated carbocycles. The van der Waals surface area contributed by atoms with Gasteiger partial charge in [-0.1, -0.05) is 146 Å². The van der Waals surface area contributed by atoms with Gasteiger partial charge >= 0.3 is 0 Å². The van der Waals surface area contributed by atoms with E-state index in [4.69, 9.17) is 4.42 Å². The number of hydrogen-bond donors (Lipinski definition) is 0. The molecule has 0 fully saturated rings. The Labute approximate surface area is 343 Å². The third-order valence-corrected chi connectivity index (χ3v) is 11.8. The van der Waals surface area contributed by atoms with Gasteiger partial charge in [-0.15, -0.1) is 0 Å². The summed E-state index contributed by atoms with van der Waals surface area (Å²) in [5.74, 6) is 0. The molecule has 0 N–H and O–H groups in total. The van der Waals surface area contributed by atoms with E-state index in [-0.39, 0.29) is 0 Å². The summed E-state index contributed by atoms with van der Waals surface area (Å²) in [5, 5.41) is 4.62. The van der Waals surface area contributed by atoms with Gasteiger partial charge in [0.1, 0.15) is 11.2 Å². The molecule has 280 valence electrons. The van der Waals surface area contributed by atoms with Crippen molar-refractivity contribution in [2.45, 2.75) is 13.8 Å². The summed E-state index contributed by atoms with van der Waals surface area (Å²) < 4.78 is 9.44. The molecule has 2 heterocycles. The van der Waals surface area contributed by atoms with Gasteiger partial charge in [0, 0.05) is 38.7 Å². The average molecular weight is 757 g/mol. The first-order chi connectivity index (χ1) is 29.1. The smallest absolute Gasteiger partial charge is 0.145 e. The first kappa shape index (κ1) is 34.6. The van der Waals surface area contributed by atoms with Crippen molar-refractivity contribution >= 4 is 60.8 Å². The van der Waals surface area contributed by atoms with Crippen LogP contribution in [0.25, 0.3) is 82.8 Å². The van der Waals surface area contributed by atoms with Crippen LogP contribution in [0, 0.1) is 13.8 Å². The van der Waals surface area contributed by atoms with Gasteiger partial charge in [0.25, 0.3) is 0 Å². The molecular formula is C56H40N2O. The topological polar surface area (TPSA) is 21.3 Å². The van der Waals surface area contributed by atoms with Crippen molar-refractivity contribution in [1.82, 2.24) is 4.57 Å². The molecule has 0 radical (unpaired) electrons. The SMILES string of the molecule is Cc1cccc(N(c2cc(-c3ccccc3)c(-c3ccccc3)cc2C)c2ccc(-c3ccccc3-n3c4ccccc4c4ccccc43)c3oc4ccccc4c23)c1. The summed E-state index contributed by atoms with van der Waals surface area (Å²) in [7, 11) is 0. The molecule has 0 atom stereocenters. The highest BCUT2D eigenvalue weighted by atomic mass is 16.3. The minimum Gasteiger partial charge on any atom is -0.455 e. The van der Waals surface area contributed by atoms with Gasteiger partial charge in [0.2, 0.25) is 0 Å². The summed E-state index contributed by atoms with van der Waals surface area (Å²) in [5.41, 5.74) is 17.7. The number of aryl methyl sites for hydroxylation is 2. The van der Waals surface area contributed by atoms with Crippen LogP contribution in [0.5, 0.6) is 0 Å². The van der Waals surface area contributed by atoms with Crippen molar-refractivity contribution in [3.63, 3.8) is 0 Å². The number of para-hydroxylation sites is 4. The number of fused-ring (bicyclic) bond motifs is 6. The highest BCUT2D eigenvalue weighted by Gasteiger charge is 2.26. The van der Waals surface area contributed by atoms with Crippen LogP contribution in [0.1, 0.15) is 11.1 Å². The van der Waals surface area contributed by atoms with Crippen LogP contribution in [-0.2, 0) is 0 Å². The summed E-state index contributed by atoms with van der Waals surface area (Å²) in [4.78, 5) is 2.44. The van der Waals surface area contributed by atoms with Crippen molar-refractivity contribution in [1.29, 1.82) is 0 Å². The van der Waals surface area contributed by atoms with Gasteiger partial charge in [-0.05, 0) is 108 Å². The van der Waals surface area contributed by atoms with Crippen LogP contribution in [-0.4, -0.2) is 4.57 Å². The lowest BCUT2D eigenvalue weighted by molar-refractivity contribution is 0.670.